The monoisotopic (exact) mass is 409 g/mol. The molecule has 0 radical (unpaired) electrons. The van der Waals surface area contributed by atoms with E-state index in [-0.39, 0.29) is 17.2 Å². The van der Waals surface area contributed by atoms with Crippen LogP contribution in [-0.2, 0) is 9.53 Å². The molecule has 1 aliphatic rings. The van der Waals surface area contributed by atoms with E-state index < -0.39 is 0 Å². The Morgan fingerprint density at radius 3 is 2.62 bits per heavy atom. The van der Waals surface area contributed by atoms with Crippen LogP contribution in [0.15, 0.2) is 52.4 Å². The van der Waals surface area contributed by atoms with Crippen LogP contribution in [0.3, 0.4) is 0 Å². The number of aromatic nitrogens is 2. The topological polar surface area (TPSA) is 64.4 Å². The average Bonchev–Trinajstić information content (AvgIpc) is 2.75. The van der Waals surface area contributed by atoms with Gasteiger partial charge in [-0.3, -0.25) is 14.2 Å². The van der Waals surface area contributed by atoms with Gasteiger partial charge in [0, 0.05) is 13.1 Å². The number of rotatable bonds is 4. The van der Waals surface area contributed by atoms with Gasteiger partial charge < -0.3 is 9.64 Å². The van der Waals surface area contributed by atoms with Crippen molar-refractivity contribution >= 4 is 28.6 Å². The quantitative estimate of drug-likeness (QED) is 0.490. The molecule has 6 nitrogen and oxygen atoms in total. The predicted octanol–water partition coefficient (Wildman–Crippen LogP) is 2.95. The van der Waals surface area contributed by atoms with Crippen molar-refractivity contribution in [2.24, 2.45) is 0 Å². The Kier molecular flexibility index (Phi) is 5.69. The number of nitrogens with zero attached hydrogens (tertiary/aromatic N) is 3. The highest BCUT2D eigenvalue weighted by molar-refractivity contribution is 7.99. The van der Waals surface area contributed by atoms with E-state index in [0.717, 1.165) is 16.8 Å². The molecule has 0 saturated carbocycles. The Labute approximate surface area is 173 Å². The number of aryl methyl sites for hydroxylation is 2. The lowest BCUT2D eigenvalue weighted by molar-refractivity contribution is -0.132. The summed E-state index contributed by atoms with van der Waals surface area (Å²) in [6.07, 6.45) is 0. The van der Waals surface area contributed by atoms with Crippen LogP contribution in [0.4, 0.5) is 0 Å². The van der Waals surface area contributed by atoms with Crippen LogP contribution in [0.5, 0.6) is 0 Å². The number of hydrogen-bond donors (Lipinski definition) is 0. The van der Waals surface area contributed by atoms with Crippen molar-refractivity contribution in [1.82, 2.24) is 14.5 Å². The zero-order chi connectivity index (χ0) is 20.4. The standard InChI is InChI=1S/C22H23N3O3S/c1-15-7-8-17(13-16(15)2)25-21(27)18-5-3-4-6-19(18)23-22(25)29-14-20(26)24-9-11-28-12-10-24/h3-8,13H,9-12,14H2,1-2H3. The SMILES string of the molecule is Cc1ccc(-n2c(SCC(=O)N3CCOCC3)nc3ccccc3c2=O)cc1C. The fourth-order valence-corrected chi connectivity index (χ4v) is 4.25. The Morgan fingerprint density at radius 2 is 1.86 bits per heavy atom. The van der Waals surface area contributed by atoms with E-state index in [0.29, 0.717) is 42.4 Å². The smallest absolute Gasteiger partial charge is 0.266 e. The van der Waals surface area contributed by atoms with Crippen molar-refractivity contribution in [1.29, 1.82) is 0 Å². The summed E-state index contributed by atoms with van der Waals surface area (Å²) in [6.45, 7) is 6.41. The first kappa shape index (κ1) is 19.7. The molecular weight excluding hydrogens is 386 g/mol. The number of carbonyl (C=O) groups is 1. The van der Waals surface area contributed by atoms with Crippen molar-refractivity contribution < 1.29 is 9.53 Å². The molecule has 7 heteroatoms. The first-order valence-corrected chi connectivity index (χ1v) is 10.6. The van der Waals surface area contributed by atoms with Crippen molar-refractivity contribution in [2.45, 2.75) is 19.0 Å². The summed E-state index contributed by atoms with van der Waals surface area (Å²) in [6, 6.07) is 13.2. The normalized spacial score (nSPS) is 14.3. The second-order valence-electron chi connectivity index (χ2n) is 7.10. The van der Waals surface area contributed by atoms with Crippen LogP contribution in [0, 0.1) is 13.8 Å². The fraction of sp³-hybridized carbons (Fsp3) is 0.318. The Hall–Kier alpha value is -2.64. The van der Waals surface area contributed by atoms with Crippen LogP contribution in [-0.4, -0.2) is 52.4 Å². The van der Waals surface area contributed by atoms with Crippen LogP contribution < -0.4 is 5.56 Å². The number of morpholine rings is 1. The molecule has 1 fully saturated rings. The average molecular weight is 410 g/mol. The highest BCUT2D eigenvalue weighted by Gasteiger charge is 2.19. The molecular formula is C22H23N3O3S. The van der Waals surface area contributed by atoms with Crippen LogP contribution >= 0.6 is 11.8 Å². The predicted molar refractivity (Wildman–Crippen MR) is 115 cm³/mol. The maximum Gasteiger partial charge on any atom is 0.266 e. The van der Waals surface area contributed by atoms with E-state index in [1.165, 1.54) is 11.8 Å². The third kappa shape index (κ3) is 4.06. The number of para-hydroxylation sites is 1. The van der Waals surface area contributed by atoms with Gasteiger partial charge in [0.1, 0.15) is 0 Å². The number of amides is 1. The van der Waals surface area contributed by atoms with Crippen LogP contribution in [0.2, 0.25) is 0 Å². The second-order valence-corrected chi connectivity index (χ2v) is 8.04. The number of fused-ring (bicyclic) bond motifs is 1. The van der Waals surface area contributed by atoms with E-state index in [9.17, 15) is 9.59 Å². The number of ether oxygens (including phenoxy) is 1. The fourth-order valence-electron chi connectivity index (χ4n) is 3.33. The van der Waals surface area contributed by atoms with Gasteiger partial charge in [-0.05, 0) is 49.2 Å². The number of benzene rings is 2. The Bertz CT molecular complexity index is 1120. The molecule has 4 rings (SSSR count). The lowest BCUT2D eigenvalue weighted by Gasteiger charge is -2.26. The molecule has 1 amide bonds. The highest BCUT2D eigenvalue weighted by Crippen LogP contribution is 2.23. The van der Waals surface area contributed by atoms with Gasteiger partial charge in [-0.15, -0.1) is 0 Å². The van der Waals surface area contributed by atoms with Gasteiger partial charge in [-0.25, -0.2) is 4.98 Å². The van der Waals surface area contributed by atoms with Crippen molar-refractivity contribution in [3.05, 3.63) is 63.9 Å². The Morgan fingerprint density at radius 1 is 1.10 bits per heavy atom. The van der Waals surface area contributed by atoms with E-state index in [1.807, 2.05) is 50.2 Å². The second kappa shape index (κ2) is 8.39. The minimum Gasteiger partial charge on any atom is -0.378 e. The molecule has 0 aliphatic carbocycles. The van der Waals surface area contributed by atoms with Gasteiger partial charge in [0.05, 0.1) is 35.6 Å². The minimum absolute atomic E-state index is 0.0346. The van der Waals surface area contributed by atoms with E-state index in [1.54, 1.807) is 15.5 Å². The van der Waals surface area contributed by atoms with Crippen molar-refractivity contribution in [3.8, 4) is 5.69 Å². The lowest BCUT2D eigenvalue weighted by atomic mass is 10.1. The summed E-state index contributed by atoms with van der Waals surface area (Å²) >= 11 is 1.30. The summed E-state index contributed by atoms with van der Waals surface area (Å²) in [5.74, 6) is 0.266. The first-order valence-electron chi connectivity index (χ1n) is 9.62. The minimum atomic E-state index is -0.125. The van der Waals surface area contributed by atoms with E-state index in [4.69, 9.17) is 9.72 Å². The summed E-state index contributed by atoms with van der Waals surface area (Å²) in [4.78, 5) is 32.4. The van der Waals surface area contributed by atoms with Gasteiger partial charge in [0.15, 0.2) is 5.16 Å². The highest BCUT2D eigenvalue weighted by atomic mass is 32.2. The summed E-state index contributed by atoms with van der Waals surface area (Å²) in [5.41, 5.74) is 3.53. The summed E-state index contributed by atoms with van der Waals surface area (Å²) in [7, 11) is 0. The molecule has 150 valence electrons. The maximum atomic E-state index is 13.3. The van der Waals surface area contributed by atoms with E-state index in [2.05, 4.69) is 0 Å². The van der Waals surface area contributed by atoms with Crippen LogP contribution in [0.25, 0.3) is 16.6 Å². The van der Waals surface area contributed by atoms with Crippen LogP contribution in [0.1, 0.15) is 11.1 Å². The van der Waals surface area contributed by atoms with Crippen molar-refractivity contribution in [2.75, 3.05) is 32.1 Å². The summed E-state index contributed by atoms with van der Waals surface area (Å²) < 4.78 is 6.93. The molecule has 1 saturated heterocycles. The molecule has 3 aromatic rings. The van der Waals surface area contributed by atoms with Gasteiger partial charge in [0.25, 0.3) is 5.56 Å². The molecule has 0 bridgehead atoms. The molecule has 0 spiro atoms. The Balaban J connectivity index is 1.74. The number of carbonyl (C=O) groups excluding carboxylic acids is 1. The lowest BCUT2D eigenvalue weighted by Crippen LogP contribution is -2.41. The molecule has 2 heterocycles. The molecule has 2 aromatic carbocycles. The summed E-state index contributed by atoms with van der Waals surface area (Å²) in [5, 5.41) is 1.09. The largest absolute Gasteiger partial charge is 0.378 e. The zero-order valence-electron chi connectivity index (χ0n) is 16.6. The molecule has 1 aromatic heterocycles. The van der Waals surface area contributed by atoms with Gasteiger partial charge in [0.2, 0.25) is 5.91 Å². The number of hydrogen-bond acceptors (Lipinski definition) is 5. The molecule has 1 aliphatic heterocycles. The maximum absolute atomic E-state index is 13.3. The van der Waals surface area contributed by atoms with Gasteiger partial charge in [-0.1, -0.05) is 30.0 Å². The molecule has 0 N–H and O–H groups in total. The van der Waals surface area contributed by atoms with Gasteiger partial charge >= 0.3 is 0 Å². The molecule has 0 unspecified atom stereocenters. The van der Waals surface area contributed by atoms with E-state index >= 15 is 0 Å². The third-order valence-electron chi connectivity index (χ3n) is 5.18. The van der Waals surface area contributed by atoms with Crippen molar-refractivity contribution in [3.63, 3.8) is 0 Å². The molecule has 29 heavy (non-hydrogen) atoms. The number of thioether (sulfide) groups is 1. The first-order chi connectivity index (χ1) is 14.0. The van der Waals surface area contributed by atoms with Gasteiger partial charge in [-0.2, -0.15) is 0 Å². The third-order valence-corrected chi connectivity index (χ3v) is 6.11. The molecule has 0 atom stereocenters. The zero-order valence-corrected chi connectivity index (χ0v) is 17.4.